The van der Waals surface area contributed by atoms with Crippen LogP contribution in [0.5, 0.6) is 0 Å². The quantitative estimate of drug-likeness (QED) is 0.398. The van der Waals surface area contributed by atoms with E-state index in [1.54, 1.807) is 11.3 Å². The van der Waals surface area contributed by atoms with E-state index in [1.807, 2.05) is 30.5 Å². The Kier molecular flexibility index (Phi) is 4.68. The van der Waals surface area contributed by atoms with Crippen LogP contribution in [0, 0.1) is 0 Å². The van der Waals surface area contributed by atoms with E-state index >= 15 is 0 Å². The van der Waals surface area contributed by atoms with Gasteiger partial charge in [0.25, 0.3) is 0 Å². The second kappa shape index (κ2) is 5.94. The molecule has 0 bridgehead atoms. The minimum Gasteiger partial charge on any atom is -0.237 e. The molecule has 0 atom stereocenters. The van der Waals surface area contributed by atoms with Crippen molar-refractivity contribution in [3.8, 4) is 0 Å². The van der Waals surface area contributed by atoms with Gasteiger partial charge in [0.1, 0.15) is 6.61 Å². The van der Waals surface area contributed by atoms with Gasteiger partial charge in [-0.05, 0) is 24.4 Å². The van der Waals surface area contributed by atoms with E-state index in [1.165, 1.54) is 4.88 Å². The van der Waals surface area contributed by atoms with Crippen LogP contribution in [0.3, 0.4) is 0 Å². The summed E-state index contributed by atoms with van der Waals surface area (Å²) in [4.78, 5) is 10.7. The lowest BCUT2D eigenvalue weighted by Gasteiger charge is -1.94. The molecule has 0 amide bonds. The van der Waals surface area contributed by atoms with Gasteiger partial charge in [-0.3, -0.25) is 0 Å². The van der Waals surface area contributed by atoms with Crippen LogP contribution in [0.25, 0.3) is 6.08 Å². The van der Waals surface area contributed by atoms with E-state index in [4.69, 9.17) is 9.78 Å². The van der Waals surface area contributed by atoms with Gasteiger partial charge < -0.3 is 0 Å². The third-order valence-corrected chi connectivity index (χ3v) is 2.03. The van der Waals surface area contributed by atoms with E-state index < -0.39 is 0 Å². The Bertz CT molecular complexity index is 216. The third-order valence-electron chi connectivity index (χ3n) is 1.19. The maximum Gasteiger partial charge on any atom is 0.101 e. The third kappa shape index (κ3) is 3.67. The average Bonchev–Trinajstić information content (AvgIpc) is 2.57. The standard InChI is InChI=1S/C9H12O2S/c1-2-10-11-7-3-5-9-6-4-8-12-9/h3-6,8H,2,7H2,1H3/b5-3-. The number of thiophene rings is 1. The summed E-state index contributed by atoms with van der Waals surface area (Å²) in [6, 6.07) is 4.08. The van der Waals surface area contributed by atoms with E-state index in [0.29, 0.717) is 13.2 Å². The molecule has 0 saturated heterocycles. The van der Waals surface area contributed by atoms with Crippen LogP contribution < -0.4 is 0 Å². The zero-order valence-corrected chi connectivity index (χ0v) is 7.84. The fraction of sp³-hybridized carbons (Fsp3) is 0.333. The molecular weight excluding hydrogens is 172 g/mol. The lowest BCUT2D eigenvalue weighted by atomic mass is 10.4. The van der Waals surface area contributed by atoms with Crippen molar-refractivity contribution >= 4 is 17.4 Å². The topological polar surface area (TPSA) is 18.5 Å². The number of hydrogen-bond donors (Lipinski definition) is 0. The summed E-state index contributed by atoms with van der Waals surface area (Å²) in [5.41, 5.74) is 0. The predicted octanol–water partition coefficient (Wildman–Crippen LogP) is 2.73. The molecule has 0 aliphatic heterocycles. The summed E-state index contributed by atoms with van der Waals surface area (Å²) < 4.78 is 0. The van der Waals surface area contributed by atoms with Gasteiger partial charge in [0.15, 0.2) is 0 Å². The fourth-order valence-electron chi connectivity index (χ4n) is 0.721. The molecule has 0 fully saturated rings. The van der Waals surface area contributed by atoms with E-state index in [2.05, 4.69) is 6.07 Å². The van der Waals surface area contributed by atoms with Gasteiger partial charge in [0, 0.05) is 4.88 Å². The van der Waals surface area contributed by atoms with E-state index in [-0.39, 0.29) is 0 Å². The smallest absolute Gasteiger partial charge is 0.101 e. The SMILES string of the molecule is CCOOC/C=C\c1cccs1. The first-order valence-electron chi connectivity index (χ1n) is 3.88. The van der Waals surface area contributed by atoms with Crippen molar-refractivity contribution in [3.63, 3.8) is 0 Å². The van der Waals surface area contributed by atoms with E-state index in [0.717, 1.165) is 0 Å². The summed E-state index contributed by atoms with van der Waals surface area (Å²) in [7, 11) is 0. The van der Waals surface area contributed by atoms with Crippen molar-refractivity contribution in [2.45, 2.75) is 6.92 Å². The van der Waals surface area contributed by atoms with Gasteiger partial charge in [-0.2, -0.15) is 0 Å². The van der Waals surface area contributed by atoms with Gasteiger partial charge in [0.2, 0.25) is 0 Å². The van der Waals surface area contributed by atoms with Crippen LogP contribution in [0.2, 0.25) is 0 Å². The Hall–Kier alpha value is -0.640. The van der Waals surface area contributed by atoms with E-state index in [9.17, 15) is 0 Å². The fourth-order valence-corrected chi connectivity index (χ4v) is 1.37. The van der Waals surface area contributed by atoms with Crippen molar-refractivity contribution < 1.29 is 9.78 Å². The lowest BCUT2D eigenvalue weighted by Crippen LogP contribution is -1.92. The highest BCUT2D eigenvalue weighted by Crippen LogP contribution is 2.09. The van der Waals surface area contributed by atoms with Crippen LogP contribution in [0.4, 0.5) is 0 Å². The first-order valence-corrected chi connectivity index (χ1v) is 4.76. The molecule has 66 valence electrons. The normalized spacial score (nSPS) is 11.1. The minimum absolute atomic E-state index is 0.506. The second-order valence-electron chi connectivity index (χ2n) is 2.11. The molecule has 1 aromatic rings. The van der Waals surface area contributed by atoms with Gasteiger partial charge in [0.05, 0.1) is 6.61 Å². The zero-order valence-electron chi connectivity index (χ0n) is 7.03. The Morgan fingerprint density at radius 1 is 1.50 bits per heavy atom. The molecule has 0 saturated carbocycles. The van der Waals surface area contributed by atoms with Crippen molar-refractivity contribution in [2.24, 2.45) is 0 Å². The van der Waals surface area contributed by atoms with Crippen LogP contribution in [0.1, 0.15) is 11.8 Å². The summed E-state index contributed by atoms with van der Waals surface area (Å²) in [6.45, 7) is 2.99. The van der Waals surface area contributed by atoms with Crippen molar-refractivity contribution in [2.75, 3.05) is 13.2 Å². The largest absolute Gasteiger partial charge is 0.237 e. The predicted molar refractivity (Wildman–Crippen MR) is 50.9 cm³/mol. The maximum absolute atomic E-state index is 4.80. The molecule has 0 aromatic carbocycles. The van der Waals surface area contributed by atoms with Crippen LogP contribution in [-0.2, 0) is 9.78 Å². The molecule has 0 spiro atoms. The highest BCUT2D eigenvalue weighted by Gasteiger charge is 1.84. The first-order chi connectivity index (χ1) is 5.93. The molecule has 0 unspecified atom stereocenters. The Labute approximate surface area is 76.4 Å². The van der Waals surface area contributed by atoms with Gasteiger partial charge in [-0.1, -0.05) is 12.1 Å². The molecule has 0 radical (unpaired) electrons. The van der Waals surface area contributed by atoms with Crippen molar-refractivity contribution in [1.29, 1.82) is 0 Å². The van der Waals surface area contributed by atoms with Crippen LogP contribution in [-0.4, -0.2) is 13.2 Å². The molecule has 1 aromatic heterocycles. The van der Waals surface area contributed by atoms with Crippen molar-refractivity contribution in [1.82, 2.24) is 0 Å². The number of rotatable bonds is 5. The Morgan fingerprint density at radius 2 is 2.42 bits per heavy atom. The first kappa shape index (κ1) is 9.45. The highest BCUT2D eigenvalue weighted by molar-refractivity contribution is 7.10. The summed E-state index contributed by atoms with van der Waals surface area (Å²) in [5.74, 6) is 0. The molecule has 3 heteroatoms. The van der Waals surface area contributed by atoms with Gasteiger partial charge >= 0.3 is 0 Å². The van der Waals surface area contributed by atoms with Crippen LogP contribution in [0.15, 0.2) is 23.6 Å². The zero-order chi connectivity index (χ0) is 8.65. The van der Waals surface area contributed by atoms with Gasteiger partial charge in [-0.15, -0.1) is 11.3 Å². The molecular formula is C9H12O2S. The maximum atomic E-state index is 4.80. The van der Waals surface area contributed by atoms with Crippen molar-refractivity contribution in [3.05, 3.63) is 28.5 Å². The lowest BCUT2D eigenvalue weighted by molar-refractivity contribution is -0.282. The number of hydrogen-bond acceptors (Lipinski definition) is 3. The molecule has 0 aliphatic rings. The summed E-state index contributed by atoms with van der Waals surface area (Å²) in [5, 5.41) is 2.04. The van der Waals surface area contributed by atoms with Gasteiger partial charge in [-0.25, -0.2) is 9.78 Å². The average molecular weight is 184 g/mol. The van der Waals surface area contributed by atoms with Crippen LogP contribution >= 0.6 is 11.3 Å². The minimum atomic E-state index is 0.506. The summed E-state index contributed by atoms with van der Waals surface area (Å²) in [6.07, 6.45) is 3.95. The highest BCUT2D eigenvalue weighted by atomic mass is 32.1. The molecule has 12 heavy (non-hydrogen) atoms. The second-order valence-corrected chi connectivity index (χ2v) is 3.09. The molecule has 2 nitrogen and oxygen atoms in total. The molecule has 0 N–H and O–H groups in total. The Morgan fingerprint density at radius 3 is 3.08 bits per heavy atom. The molecule has 1 rings (SSSR count). The monoisotopic (exact) mass is 184 g/mol. The molecule has 1 heterocycles. The Balaban J connectivity index is 2.14. The molecule has 0 aliphatic carbocycles. The summed E-state index contributed by atoms with van der Waals surface area (Å²) >= 11 is 1.70.